The average Bonchev–Trinajstić information content (AvgIpc) is 3.40. The average molecular weight is 418 g/mol. The second kappa shape index (κ2) is 9.69. The lowest BCUT2D eigenvalue weighted by atomic mass is 9.95. The molecular formula is C21H31N5O2S. The molecule has 0 bridgehead atoms. The van der Waals surface area contributed by atoms with Gasteiger partial charge in [-0.05, 0) is 51.2 Å². The van der Waals surface area contributed by atoms with E-state index in [1.54, 1.807) is 6.26 Å². The summed E-state index contributed by atoms with van der Waals surface area (Å²) in [5, 5.41) is 12.7. The third-order valence-corrected chi connectivity index (χ3v) is 6.91. The van der Waals surface area contributed by atoms with Gasteiger partial charge in [-0.2, -0.15) is 0 Å². The smallest absolute Gasteiger partial charge is 0.233 e. The van der Waals surface area contributed by atoms with Crippen LogP contribution in [0.2, 0.25) is 0 Å². The molecule has 2 aromatic heterocycles. The fourth-order valence-corrected chi connectivity index (χ4v) is 5.02. The van der Waals surface area contributed by atoms with Gasteiger partial charge in [-0.25, -0.2) is 0 Å². The number of anilines is 1. The Kier molecular flexibility index (Phi) is 6.79. The highest BCUT2D eigenvalue weighted by Gasteiger charge is 2.25. The van der Waals surface area contributed by atoms with E-state index in [0.717, 1.165) is 42.8 Å². The summed E-state index contributed by atoms with van der Waals surface area (Å²) >= 11 is 1.48. The minimum Gasteiger partial charge on any atom is -0.467 e. The maximum absolute atomic E-state index is 12.7. The van der Waals surface area contributed by atoms with Gasteiger partial charge in [0.1, 0.15) is 5.76 Å². The normalized spacial score (nSPS) is 19.3. The van der Waals surface area contributed by atoms with Crippen molar-refractivity contribution in [3.63, 3.8) is 0 Å². The van der Waals surface area contributed by atoms with Crippen LogP contribution in [0.3, 0.4) is 0 Å². The molecule has 1 unspecified atom stereocenters. The summed E-state index contributed by atoms with van der Waals surface area (Å²) in [4.78, 5) is 15.0. The Hall–Kier alpha value is -1.96. The summed E-state index contributed by atoms with van der Waals surface area (Å²) in [7, 11) is 0. The molecule has 0 spiro atoms. The van der Waals surface area contributed by atoms with Gasteiger partial charge in [-0.3, -0.25) is 9.36 Å². The SMILES string of the molecule is CC(Sc1nnc(N2CCCCC2)n1Cc1ccco1)C(=O)NC1CCCCC1. The Balaban J connectivity index is 1.47. The molecule has 1 saturated carbocycles. The molecule has 2 aromatic rings. The lowest BCUT2D eigenvalue weighted by Gasteiger charge is -2.28. The van der Waals surface area contributed by atoms with E-state index in [1.807, 2.05) is 19.1 Å². The predicted molar refractivity (Wildman–Crippen MR) is 114 cm³/mol. The Morgan fingerprint density at radius 2 is 1.97 bits per heavy atom. The zero-order valence-corrected chi connectivity index (χ0v) is 18.0. The third-order valence-electron chi connectivity index (χ3n) is 5.83. The fraction of sp³-hybridized carbons (Fsp3) is 0.667. The van der Waals surface area contributed by atoms with Crippen molar-refractivity contribution >= 4 is 23.6 Å². The summed E-state index contributed by atoms with van der Waals surface area (Å²) in [5.74, 6) is 1.83. The maximum atomic E-state index is 12.7. The number of thioether (sulfide) groups is 1. The molecule has 0 aromatic carbocycles. The number of aromatic nitrogens is 3. The first-order valence-corrected chi connectivity index (χ1v) is 11.8. The van der Waals surface area contributed by atoms with Crippen LogP contribution in [-0.4, -0.2) is 45.1 Å². The summed E-state index contributed by atoms with van der Waals surface area (Å²) in [6, 6.07) is 4.19. The molecule has 1 amide bonds. The lowest BCUT2D eigenvalue weighted by Crippen LogP contribution is -2.40. The molecular weight excluding hydrogens is 386 g/mol. The summed E-state index contributed by atoms with van der Waals surface area (Å²) < 4.78 is 7.67. The van der Waals surface area contributed by atoms with Gasteiger partial charge in [0, 0.05) is 19.1 Å². The van der Waals surface area contributed by atoms with E-state index in [2.05, 4.69) is 25.0 Å². The first kappa shape index (κ1) is 20.3. The van der Waals surface area contributed by atoms with Crippen molar-refractivity contribution in [2.45, 2.75) is 81.3 Å². The quantitative estimate of drug-likeness (QED) is 0.690. The number of nitrogens with one attached hydrogen (secondary N) is 1. The molecule has 1 N–H and O–H groups in total. The van der Waals surface area contributed by atoms with E-state index in [1.165, 1.54) is 50.3 Å². The van der Waals surface area contributed by atoms with E-state index in [-0.39, 0.29) is 11.2 Å². The number of carbonyl (C=O) groups excluding carboxylic acids is 1. The van der Waals surface area contributed by atoms with Gasteiger partial charge in [0.25, 0.3) is 0 Å². The van der Waals surface area contributed by atoms with Gasteiger partial charge in [-0.15, -0.1) is 10.2 Å². The van der Waals surface area contributed by atoms with E-state index in [0.29, 0.717) is 12.6 Å². The van der Waals surface area contributed by atoms with Crippen LogP contribution in [0, 0.1) is 0 Å². The highest BCUT2D eigenvalue weighted by Crippen LogP contribution is 2.28. The van der Waals surface area contributed by atoms with Gasteiger partial charge in [0.15, 0.2) is 5.16 Å². The van der Waals surface area contributed by atoms with Crippen LogP contribution in [-0.2, 0) is 11.3 Å². The molecule has 4 rings (SSSR count). The van der Waals surface area contributed by atoms with E-state index >= 15 is 0 Å². The van der Waals surface area contributed by atoms with Gasteiger partial charge < -0.3 is 14.6 Å². The molecule has 158 valence electrons. The van der Waals surface area contributed by atoms with Crippen LogP contribution in [0.5, 0.6) is 0 Å². The maximum Gasteiger partial charge on any atom is 0.233 e. The van der Waals surface area contributed by atoms with Gasteiger partial charge in [0.05, 0.1) is 18.1 Å². The molecule has 8 heteroatoms. The van der Waals surface area contributed by atoms with E-state index in [9.17, 15) is 4.79 Å². The molecule has 29 heavy (non-hydrogen) atoms. The van der Waals surface area contributed by atoms with Crippen LogP contribution >= 0.6 is 11.8 Å². The highest BCUT2D eigenvalue weighted by atomic mass is 32.2. The van der Waals surface area contributed by atoms with Crippen molar-refractivity contribution in [1.29, 1.82) is 0 Å². The van der Waals surface area contributed by atoms with Crippen molar-refractivity contribution in [3.05, 3.63) is 24.2 Å². The van der Waals surface area contributed by atoms with Crippen LogP contribution in [0.4, 0.5) is 5.95 Å². The zero-order valence-electron chi connectivity index (χ0n) is 17.2. The standard InChI is InChI=1S/C21H31N5O2S/c1-16(19(27)22-17-9-4-2-5-10-17)29-21-24-23-20(25-12-6-3-7-13-25)26(21)15-18-11-8-14-28-18/h8,11,14,16-17H,2-7,9-10,12-13,15H2,1H3,(H,22,27). The number of rotatable bonds is 7. The van der Waals surface area contributed by atoms with Gasteiger partial charge >= 0.3 is 0 Å². The second-order valence-electron chi connectivity index (χ2n) is 8.10. The van der Waals surface area contributed by atoms with Crippen molar-refractivity contribution in [1.82, 2.24) is 20.1 Å². The first-order chi connectivity index (χ1) is 14.2. The number of hydrogen-bond acceptors (Lipinski definition) is 6. The van der Waals surface area contributed by atoms with Crippen molar-refractivity contribution in [2.24, 2.45) is 0 Å². The molecule has 1 aliphatic carbocycles. The van der Waals surface area contributed by atoms with Crippen LogP contribution < -0.4 is 10.2 Å². The number of furan rings is 1. The molecule has 2 fully saturated rings. The van der Waals surface area contributed by atoms with Crippen molar-refractivity contribution in [3.8, 4) is 0 Å². The Morgan fingerprint density at radius 3 is 2.69 bits per heavy atom. The van der Waals surface area contributed by atoms with Crippen LogP contribution in [0.25, 0.3) is 0 Å². The van der Waals surface area contributed by atoms with Crippen LogP contribution in [0.1, 0.15) is 64.1 Å². The zero-order chi connectivity index (χ0) is 20.1. The van der Waals surface area contributed by atoms with E-state index in [4.69, 9.17) is 4.42 Å². The molecule has 7 nitrogen and oxygen atoms in total. The minimum absolute atomic E-state index is 0.0916. The number of hydrogen-bond donors (Lipinski definition) is 1. The van der Waals surface area contributed by atoms with E-state index < -0.39 is 0 Å². The Bertz CT molecular complexity index is 779. The Labute approximate surface area is 176 Å². The van der Waals surface area contributed by atoms with Crippen molar-refractivity contribution in [2.75, 3.05) is 18.0 Å². The van der Waals surface area contributed by atoms with Crippen LogP contribution in [0.15, 0.2) is 28.0 Å². The third kappa shape index (κ3) is 5.15. The molecule has 0 radical (unpaired) electrons. The largest absolute Gasteiger partial charge is 0.467 e. The lowest BCUT2D eigenvalue weighted by molar-refractivity contribution is -0.121. The molecule has 2 aliphatic rings. The molecule has 3 heterocycles. The molecule has 1 saturated heterocycles. The molecule has 1 atom stereocenters. The fourth-order valence-electron chi connectivity index (χ4n) is 4.17. The van der Waals surface area contributed by atoms with Crippen molar-refractivity contribution < 1.29 is 9.21 Å². The van der Waals surface area contributed by atoms with Gasteiger partial charge in [-0.1, -0.05) is 31.0 Å². The van der Waals surface area contributed by atoms with Gasteiger partial charge in [0.2, 0.25) is 11.9 Å². The summed E-state index contributed by atoms with van der Waals surface area (Å²) in [6.07, 6.45) is 11.2. The predicted octanol–water partition coefficient (Wildman–Crippen LogP) is 3.84. The summed E-state index contributed by atoms with van der Waals surface area (Å²) in [6.45, 7) is 4.53. The number of nitrogens with zero attached hydrogens (tertiary/aromatic N) is 4. The monoisotopic (exact) mass is 417 g/mol. The minimum atomic E-state index is -0.217. The topological polar surface area (TPSA) is 76.2 Å². The number of carbonyl (C=O) groups is 1. The highest BCUT2D eigenvalue weighted by molar-refractivity contribution is 8.00. The second-order valence-corrected chi connectivity index (χ2v) is 9.41. The summed E-state index contributed by atoms with van der Waals surface area (Å²) in [5.41, 5.74) is 0. The number of piperidine rings is 1. The molecule has 1 aliphatic heterocycles. The Morgan fingerprint density at radius 1 is 1.21 bits per heavy atom. The first-order valence-electron chi connectivity index (χ1n) is 10.9. The number of amides is 1.